The molecule has 0 saturated heterocycles. The fourth-order valence-electron chi connectivity index (χ4n) is 4.50. The zero-order valence-electron chi connectivity index (χ0n) is 17.9. The highest BCUT2D eigenvalue weighted by Crippen LogP contribution is 2.40. The molecule has 0 amide bonds. The SMILES string of the molecule is CCCC(C)c1cc(-c2ccc3c(c2)N=CC(CC)C3)c2nc[nH]c2c1/C(N)=C/O. The Hall–Kier alpha value is -3.08. The Kier molecular flexibility index (Phi) is 5.62. The maximum atomic E-state index is 9.64. The minimum atomic E-state index is 0.302. The van der Waals surface area contributed by atoms with Crippen molar-refractivity contribution in [3.8, 4) is 11.1 Å². The van der Waals surface area contributed by atoms with Gasteiger partial charge in [0.2, 0.25) is 0 Å². The average Bonchev–Trinajstić information content (AvgIpc) is 3.26. The summed E-state index contributed by atoms with van der Waals surface area (Å²) in [5.74, 6) is 0.825. The summed E-state index contributed by atoms with van der Waals surface area (Å²) < 4.78 is 0. The van der Waals surface area contributed by atoms with E-state index >= 15 is 0 Å². The number of nitrogens with zero attached hydrogens (tertiary/aromatic N) is 2. The lowest BCUT2D eigenvalue weighted by Gasteiger charge is -2.20. The first-order valence-corrected chi connectivity index (χ1v) is 10.8. The number of aliphatic hydroxyl groups excluding tert-OH is 1. The van der Waals surface area contributed by atoms with Gasteiger partial charge in [-0.1, -0.05) is 39.3 Å². The van der Waals surface area contributed by atoms with Gasteiger partial charge < -0.3 is 15.8 Å². The molecule has 0 aliphatic carbocycles. The molecule has 0 saturated carbocycles. The zero-order chi connectivity index (χ0) is 21.3. The number of nitrogens with two attached hydrogens (primary N) is 1. The molecule has 5 nitrogen and oxygen atoms in total. The fourth-order valence-corrected chi connectivity index (χ4v) is 4.50. The van der Waals surface area contributed by atoms with Crippen LogP contribution in [0.25, 0.3) is 27.9 Å². The molecule has 3 aromatic rings. The first kappa shape index (κ1) is 20.2. The first-order chi connectivity index (χ1) is 14.6. The van der Waals surface area contributed by atoms with Crippen molar-refractivity contribution in [2.75, 3.05) is 0 Å². The maximum absolute atomic E-state index is 9.64. The van der Waals surface area contributed by atoms with E-state index in [0.29, 0.717) is 17.5 Å². The Morgan fingerprint density at radius 3 is 2.90 bits per heavy atom. The van der Waals surface area contributed by atoms with Crippen LogP contribution in [0.4, 0.5) is 5.69 Å². The molecule has 30 heavy (non-hydrogen) atoms. The van der Waals surface area contributed by atoms with Crippen molar-refractivity contribution in [1.29, 1.82) is 0 Å². The van der Waals surface area contributed by atoms with E-state index in [-0.39, 0.29) is 0 Å². The molecule has 5 heteroatoms. The van der Waals surface area contributed by atoms with E-state index in [4.69, 9.17) is 10.7 Å². The molecule has 0 radical (unpaired) electrons. The number of imidazole rings is 1. The van der Waals surface area contributed by atoms with E-state index in [9.17, 15) is 5.11 Å². The van der Waals surface area contributed by atoms with E-state index in [2.05, 4.69) is 61.2 Å². The van der Waals surface area contributed by atoms with Crippen LogP contribution < -0.4 is 5.73 Å². The zero-order valence-corrected chi connectivity index (χ0v) is 17.9. The molecule has 156 valence electrons. The van der Waals surface area contributed by atoms with Crippen LogP contribution in [0, 0.1) is 5.92 Å². The number of hydrogen-bond acceptors (Lipinski definition) is 4. The lowest BCUT2D eigenvalue weighted by atomic mass is 9.86. The van der Waals surface area contributed by atoms with Crippen LogP contribution in [-0.2, 0) is 6.42 Å². The van der Waals surface area contributed by atoms with Crippen molar-refractivity contribution < 1.29 is 5.11 Å². The van der Waals surface area contributed by atoms with Crippen molar-refractivity contribution in [1.82, 2.24) is 9.97 Å². The summed E-state index contributed by atoms with van der Waals surface area (Å²) in [5, 5.41) is 9.64. The Morgan fingerprint density at radius 2 is 2.17 bits per heavy atom. The number of hydrogen-bond donors (Lipinski definition) is 3. The van der Waals surface area contributed by atoms with Gasteiger partial charge >= 0.3 is 0 Å². The minimum absolute atomic E-state index is 0.302. The quantitative estimate of drug-likeness (QED) is 0.427. The number of aromatic amines is 1. The van der Waals surface area contributed by atoms with Crippen LogP contribution in [0.3, 0.4) is 0 Å². The summed E-state index contributed by atoms with van der Waals surface area (Å²) in [7, 11) is 0. The highest BCUT2D eigenvalue weighted by molar-refractivity contribution is 6.00. The normalized spacial score (nSPS) is 17.3. The van der Waals surface area contributed by atoms with Gasteiger partial charge in [0.1, 0.15) is 6.26 Å². The van der Waals surface area contributed by atoms with Gasteiger partial charge in [-0.15, -0.1) is 0 Å². The Morgan fingerprint density at radius 1 is 1.33 bits per heavy atom. The highest BCUT2D eigenvalue weighted by atomic mass is 16.2. The molecule has 0 spiro atoms. The largest absolute Gasteiger partial charge is 0.513 e. The van der Waals surface area contributed by atoms with Gasteiger partial charge in [-0.25, -0.2) is 4.98 Å². The molecule has 1 aliphatic heterocycles. The van der Waals surface area contributed by atoms with Gasteiger partial charge in [0, 0.05) is 17.3 Å². The Bertz CT molecular complexity index is 1130. The smallest absolute Gasteiger partial charge is 0.103 e. The molecule has 2 heterocycles. The van der Waals surface area contributed by atoms with Crippen LogP contribution in [0.2, 0.25) is 0 Å². The molecule has 0 fully saturated rings. The van der Waals surface area contributed by atoms with Crippen LogP contribution in [0.15, 0.2) is 41.8 Å². The fraction of sp³-hybridized carbons (Fsp3) is 0.360. The molecular formula is C25H30N4O. The molecule has 4 N–H and O–H groups in total. The summed E-state index contributed by atoms with van der Waals surface area (Å²) in [6.07, 6.45) is 9.03. The molecule has 2 aromatic carbocycles. The van der Waals surface area contributed by atoms with Crippen LogP contribution >= 0.6 is 0 Å². The van der Waals surface area contributed by atoms with Crippen molar-refractivity contribution in [2.45, 2.75) is 52.4 Å². The topological polar surface area (TPSA) is 87.3 Å². The second-order valence-corrected chi connectivity index (χ2v) is 8.28. The van der Waals surface area contributed by atoms with E-state index in [1.807, 2.05) is 0 Å². The summed E-state index contributed by atoms with van der Waals surface area (Å²) in [6.45, 7) is 6.60. The number of rotatable bonds is 6. The monoisotopic (exact) mass is 402 g/mol. The van der Waals surface area contributed by atoms with Crippen LogP contribution in [0.1, 0.15) is 62.6 Å². The summed E-state index contributed by atoms with van der Waals surface area (Å²) in [4.78, 5) is 12.6. The summed E-state index contributed by atoms with van der Waals surface area (Å²) >= 11 is 0. The number of fused-ring (bicyclic) bond motifs is 2. The lowest BCUT2D eigenvalue weighted by Crippen LogP contribution is -2.09. The predicted octanol–water partition coefficient (Wildman–Crippen LogP) is 6.23. The van der Waals surface area contributed by atoms with Crippen LogP contribution in [-0.4, -0.2) is 21.3 Å². The average molecular weight is 403 g/mol. The van der Waals surface area contributed by atoms with Crippen molar-refractivity contribution in [3.63, 3.8) is 0 Å². The highest BCUT2D eigenvalue weighted by Gasteiger charge is 2.22. The molecule has 2 unspecified atom stereocenters. The van der Waals surface area contributed by atoms with E-state index in [1.54, 1.807) is 6.33 Å². The number of aliphatic hydroxyl groups is 1. The van der Waals surface area contributed by atoms with Gasteiger partial charge in [0.05, 0.1) is 28.7 Å². The molecule has 2 atom stereocenters. The standard InChI is InChI=1S/C25H30N4O/c1-4-6-15(3)19-11-20(24-25(29-14-28-24)23(19)21(26)13-30)17-7-8-18-9-16(5-2)12-27-22(18)10-17/h7-8,10-16,30H,4-6,9,26H2,1-3H3,(H,28,29)/b21-13-. The molecule has 1 aliphatic rings. The maximum Gasteiger partial charge on any atom is 0.103 e. The van der Waals surface area contributed by atoms with Crippen molar-refractivity contribution in [2.24, 2.45) is 16.6 Å². The number of aromatic nitrogens is 2. The van der Waals surface area contributed by atoms with Crippen molar-refractivity contribution >= 4 is 28.6 Å². The molecule has 0 bridgehead atoms. The number of aliphatic imine (C=N–C) groups is 1. The third kappa shape index (κ3) is 3.49. The van der Waals surface area contributed by atoms with Gasteiger partial charge in [0.15, 0.2) is 0 Å². The van der Waals surface area contributed by atoms with E-state index in [0.717, 1.165) is 70.9 Å². The minimum Gasteiger partial charge on any atom is -0.513 e. The second-order valence-electron chi connectivity index (χ2n) is 8.28. The Labute approximate surface area is 177 Å². The Balaban J connectivity index is 1.91. The van der Waals surface area contributed by atoms with Gasteiger partial charge in [-0.05, 0) is 59.9 Å². The molecular weight excluding hydrogens is 372 g/mol. The molecule has 4 rings (SSSR count). The van der Waals surface area contributed by atoms with E-state index in [1.165, 1.54) is 5.56 Å². The van der Waals surface area contributed by atoms with Crippen LogP contribution in [0.5, 0.6) is 0 Å². The third-order valence-electron chi connectivity index (χ3n) is 6.24. The number of H-pyrrole nitrogens is 1. The number of benzene rings is 2. The number of nitrogens with one attached hydrogen (secondary N) is 1. The van der Waals surface area contributed by atoms with Gasteiger partial charge in [-0.2, -0.15) is 0 Å². The summed E-state index contributed by atoms with van der Waals surface area (Å²) in [6, 6.07) is 8.74. The lowest BCUT2D eigenvalue weighted by molar-refractivity contribution is 0.475. The summed E-state index contributed by atoms with van der Waals surface area (Å²) in [5.41, 5.74) is 14.8. The van der Waals surface area contributed by atoms with E-state index < -0.39 is 0 Å². The van der Waals surface area contributed by atoms with Gasteiger partial charge in [-0.3, -0.25) is 4.99 Å². The third-order valence-corrected chi connectivity index (χ3v) is 6.24. The van der Waals surface area contributed by atoms with Gasteiger partial charge in [0.25, 0.3) is 0 Å². The first-order valence-electron chi connectivity index (χ1n) is 10.8. The predicted molar refractivity (Wildman–Crippen MR) is 125 cm³/mol. The second kappa shape index (κ2) is 8.34. The van der Waals surface area contributed by atoms with Crippen molar-refractivity contribution in [3.05, 3.63) is 53.5 Å². The molecule has 1 aromatic heterocycles.